The molecule has 0 radical (unpaired) electrons. The molecule has 0 aliphatic carbocycles. The van der Waals surface area contributed by atoms with Crippen molar-refractivity contribution in [1.29, 1.82) is 0 Å². The Kier molecular flexibility index (Phi) is 10.3. The maximum absolute atomic E-state index is 7.00. The van der Waals surface area contributed by atoms with Crippen molar-refractivity contribution in [3.05, 3.63) is 242 Å². The Labute approximate surface area is 457 Å². The van der Waals surface area contributed by atoms with Gasteiger partial charge in [-0.05, 0) is 116 Å². The van der Waals surface area contributed by atoms with Gasteiger partial charge in [-0.1, -0.05) is 155 Å². The third-order valence-electron chi connectivity index (χ3n) is 15.9. The fourth-order valence-corrected chi connectivity index (χ4v) is 12.4. The molecule has 0 atom stereocenters. The fraction of sp³-hybridized carbons (Fsp3) is 0.104. The SMILES string of the molecule is CC(C)(C)c1ccnc(-n2c3[c-]c(Oc4[c-]c5c(cc4)C(C)(C)c4cccc6c4n-5[c-][n+]6-c4ccccc4)ccc3c3c4c5c(cc32)N(c2ccccc2)c2ccccc2B5c2ccccc2N4c2ccccc2)c1.[Pt]. The van der Waals surface area contributed by atoms with E-state index in [1.54, 1.807) is 0 Å². The standard InChI is InChI=1S/C67H49BN6O.Pt/c1-66(2,3)43-36-37-69-61(38-43)74-57-39-47(75-48-33-35-50-58(40-48)71-42-70(44-20-9-6-10-21-44)56-31-19-26-51(64(56)71)67(50,4)5)32-34-49(57)62-59(74)41-60-63-65(62)73(46-24-13-8-14-25-46)55-30-18-16-28-53(55)68(63)52-27-15-17-29-54(52)72(60)45-22-11-7-12-23-45;/h6-38,41H,1-5H3;/q-2;. The second-order valence-electron chi connectivity index (χ2n) is 21.6. The molecule has 12 aromatic rings. The second kappa shape index (κ2) is 17.0. The minimum atomic E-state index is -0.300. The first-order chi connectivity index (χ1) is 36.6. The molecule has 15 rings (SSSR count). The molecule has 0 saturated heterocycles. The zero-order valence-corrected chi connectivity index (χ0v) is 44.9. The number of aromatic nitrogens is 4. The molecule has 0 amide bonds. The molecule has 3 aromatic heterocycles. The predicted molar refractivity (Wildman–Crippen MR) is 305 cm³/mol. The number of benzene rings is 9. The zero-order valence-electron chi connectivity index (χ0n) is 42.6. The van der Waals surface area contributed by atoms with E-state index in [0.29, 0.717) is 11.5 Å². The maximum Gasteiger partial charge on any atom is 0.268 e. The van der Waals surface area contributed by atoms with Crippen LogP contribution in [0.3, 0.4) is 0 Å². The van der Waals surface area contributed by atoms with Gasteiger partial charge in [-0.2, -0.15) is 12.1 Å². The largest absolute Gasteiger partial charge is 0.510 e. The predicted octanol–water partition coefficient (Wildman–Crippen LogP) is 13.6. The molecular weight excluding hydrogens is 1110 g/mol. The van der Waals surface area contributed by atoms with Crippen molar-refractivity contribution in [1.82, 2.24) is 14.1 Å². The van der Waals surface area contributed by atoms with E-state index in [4.69, 9.17) is 9.72 Å². The van der Waals surface area contributed by atoms with Gasteiger partial charge in [0.15, 0.2) is 0 Å². The minimum absolute atomic E-state index is 0. The fourth-order valence-electron chi connectivity index (χ4n) is 12.4. The van der Waals surface area contributed by atoms with E-state index in [-0.39, 0.29) is 38.6 Å². The Bertz CT molecular complexity index is 4300. The van der Waals surface area contributed by atoms with Gasteiger partial charge in [0, 0.05) is 78.4 Å². The zero-order chi connectivity index (χ0) is 50.3. The summed E-state index contributed by atoms with van der Waals surface area (Å²) in [5.74, 6) is 1.98. The molecule has 9 heteroatoms. The number of anilines is 6. The van der Waals surface area contributed by atoms with Crippen molar-refractivity contribution in [3.63, 3.8) is 0 Å². The molecule has 9 aromatic carbocycles. The average molecular weight is 1160 g/mol. The Morgan fingerprint density at radius 3 is 1.95 bits per heavy atom. The first-order valence-electron chi connectivity index (χ1n) is 25.8. The third-order valence-corrected chi connectivity index (χ3v) is 15.9. The van der Waals surface area contributed by atoms with Crippen LogP contribution >= 0.6 is 0 Å². The number of hydrogen-bond acceptors (Lipinski definition) is 4. The van der Waals surface area contributed by atoms with Crippen molar-refractivity contribution in [2.75, 3.05) is 9.80 Å². The van der Waals surface area contributed by atoms with E-state index < -0.39 is 0 Å². The summed E-state index contributed by atoms with van der Waals surface area (Å²) in [4.78, 5) is 10.2. The van der Waals surface area contributed by atoms with E-state index in [2.05, 4.69) is 265 Å². The van der Waals surface area contributed by atoms with E-state index >= 15 is 0 Å². The molecule has 0 fully saturated rings. The van der Waals surface area contributed by atoms with Gasteiger partial charge in [-0.15, -0.1) is 29.8 Å². The molecule has 0 N–H and O–H groups in total. The molecule has 3 aliphatic rings. The first kappa shape index (κ1) is 46.1. The van der Waals surface area contributed by atoms with Gasteiger partial charge in [-0.3, -0.25) is 4.57 Å². The molecule has 0 spiro atoms. The van der Waals surface area contributed by atoms with Crippen molar-refractivity contribution in [3.8, 4) is 28.7 Å². The summed E-state index contributed by atoms with van der Waals surface area (Å²) >= 11 is 0. The van der Waals surface area contributed by atoms with Gasteiger partial charge < -0.3 is 23.7 Å². The van der Waals surface area contributed by atoms with Crippen LogP contribution in [0.5, 0.6) is 11.5 Å². The van der Waals surface area contributed by atoms with Crippen LogP contribution in [0.25, 0.3) is 50.0 Å². The van der Waals surface area contributed by atoms with Gasteiger partial charge in [0.05, 0.1) is 16.7 Å². The monoisotopic (exact) mass is 1160 g/mol. The minimum Gasteiger partial charge on any atom is -0.510 e. The Balaban J connectivity index is 0.00000528. The number of rotatable bonds is 6. The molecule has 6 heterocycles. The summed E-state index contributed by atoms with van der Waals surface area (Å²) in [6, 6.07) is 79.5. The first-order valence-corrected chi connectivity index (χ1v) is 25.8. The number of fused-ring (bicyclic) bond motifs is 10. The van der Waals surface area contributed by atoms with Crippen molar-refractivity contribution in [2.45, 2.75) is 45.4 Å². The summed E-state index contributed by atoms with van der Waals surface area (Å²) in [7, 11) is 0. The molecular formula is C67H49BN6OPt-2. The van der Waals surface area contributed by atoms with Crippen LogP contribution < -0.4 is 35.5 Å². The average Bonchev–Trinajstić information content (AvgIpc) is 4.03. The van der Waals surface area contributed by atoms with E-state index in [1.165, 1.54) is 27.5 Å². The topological polar surface area (TPSA) is 42.3 Å². The normalized spacial score (nSPS) is 13.8. The molecule has 0 bridgehead atoms. The molecule has 7 nitrogen and oxygen atoms in total. The van der Waals surface area contributed by atoms with Crippen molar-refractivity contribution in [2.24, 2.45) is 0 Å². The molecule has 0 saturated carbocycles. The van der Waals surface area contributed by atoms with Gasteiger partial charge in [0.2, 0.25) is 0 Å². The Hall–Kier alpha value is -8.45. The van der Waals surface area contributed by atoms with Crippen LogP contribution in [0.1, 0.15) is 51.3 Å². The van der Waals surface area contributed by atoms with E-state index in [0.717, 1.165) is 89.7 Å². The molecule has 3 aliphatic heterocycles. The van der Waals surface area contributed by atoms with Crippen molar-refractivity contribution >= 4 is 90.1 Å². The number of imidazole rings is 1. The van der Waals surface area contributed by atoms with Gasteiger partial charge in [0.1, 0.15) is 5.82 Å². The van der Waals surface area contributed by atoms with Crippen LogP contribution in [-0.2, 0) is 31.9 Å². The summed E-state index contributed by atoms with van der Waals surface area (Å²) < 4.78 is 13.6. The van der Waals surface area contributed by atoms with Gasteiger partial charge in [-0.25, -0.2) is 4.98 Å². The molecule has 368 valence electrons. The molecule has 0 unspecified atom stereocenters. The smallest absolute Gasteiger partial charge is 0.268 e. The van der Waals surface area contributed by atoms with Crippen LogP contribution in [0.2, 0.25) is 0 Å². The van der Waals surface area contributed by atoms with Crippen LogP contribution in [0.15, 0.2) is 206 Å². The van der Waals surface area contributed by atoms with Crippen LogP contribution in [0, 0.1) is 18.5 Å². The van der Waals surface area contributed by atoms with Crippen LogP contribution in [0.4, 0.5) is 34.1 Å². The Morgan fingerprint density at radius 1 is 0.605 bits per heavy atom. The summed E-state index contributed by atoms with van der Waals surface area (Å²) in [6.45, 7) is 11.3. The number of nitrogens with zero attached hydrogens (tertiary/aromatic N) is 6. The number of hydrogen-bond donors (Lipinski definition) is 0. The summed E-state index contributed by atoms with van der Waals surface area (Å²) in [6.07, 6.45) is 5.66. The van der Waals surface area contributed by atoms with Crippen molar-refractivity contribution < 1.29 is 30.4 Å². The molecule has 76 heavy (non-hydrogen) atoms. The second-order valence-corrected chi connectivity index (χ2v) is 21.6. The summed E-state index contributed by atoms with van der Waals surface area (Å²) in [5.41, 5.74) is 19.7. The summed E-state index contributed by atoms with van der Waals surface area (Å²) in [5, 5.41) is 2.16. The van der Waals surface area contributed by atoms with E-state index in [1.807, 2.05) is 18.3 Å². The third kappa shape index (κ3) is 6.72. The number of pyridine rings is 1. The van der Waals surface area contributed by atoms with Crippen LogP contribution in [-0.4, -0.2) is 20.8 Å². The van der Waals surface area contributed by atoms with Gasteiger partial charge in [0.25, 0.3) is 13.0 Å². The number of ether oxygens (including phenoxy) is 1. The Morgan fingerprint density at radius 2 is 1.24 bits per heavy atom. The van der Waals surface area contributed by atoms with Gasteiger partial charge >= 0.3 is 0 Å². The maximum atomic E-state index is 7.00. The van der Waals surface area contributed by atoms with E-state index in [9.17, 15) is 0 Å². The number of para-hydroxylation sites is 6. The quantitative estimate of drug-likeness (QED) is 0.0945.